The Morgan fingerprint density at radius 1 is 1.53 bits per heavy atom. The van der Waals surface area contributed by atoms with Gasteiger partial charge in [0, 0.05) is 22.2 Å². The number of anilines is 2. The number of nitrogen functional groups attached to an aromatic ring is 1. The Morgan fingerprint density at radius 3 is 2.71 bits per heavy atom. The van der Waals surface area contributed by atoms with E-state index in [0.29, 0.717) is 17.1 Å². The Bertz CT molecular complexity index is 564. The van der Waals surface area contributed by atoms with Crippen molar-refractivity contribution in [2.24, 2.45) is 4.36 Å². The van der Waals surface area contributed by atoms with Gasteiger partial charge in [-0.25, -0.2) is 4.21 Å². The normalized spacial score (nSPS) is 10.7. The molecule has 0 fully saturated rings. The van der Waals surface area contributed by atoms with Crippen molar-refractivity contribution in [1.82, 2.24) is 0 Å². The molecular weight excluding hydrogens is 238 g/mol. The van der Waals surface area contributed by atoms with E-state index in [1.165, 1.54) is 12.5 Å². The van der Waals surface area contributed by atoms with Crippen molar-refractivity contribution in [3.63, 3.8) is 0 Å². The van der Waals surface area contributed by atoms with E-state index in [9.17, 15) is 9.00 Å². The first-order chi connectivity index (χ1) is 7.81. The Hall–Kier alpha value is -1.82. The lowest BCUT2D eigenvalue weighted by Gasteiger charge is -2.07. The van der Waals surface area contributed by atoms with Crippen LogP contribution in [0.1, 0.15) is 0 Å². The summed E-state index contributed by atoms with van der Waals surface area (Å²) in [6.07, 6.45) is 4.21. The van der Waals surface area contributed by atoms with Crippen LogP contribution in [0.2, 0.25) is 0 Å². The second-order valence-corrected chi connectivity index (χ2v) is 6.28. The van der Waals surface area contributed by atoms with Crippen LogP contribution in [-0.2, 0) is 14.5 Å². The smallest absolute Gasteiger partial charge is 0.247 e. The van der Waals surface area contributed by atoms with E-state index >= 15 is 0 Å². The van der Waals surface area contributed by atoms with Gasteiger partial charge >= 0.3 is 0 Å². The van der Waals surface area contributed by atoms with Crippen molar-refractivity contribution in [2.45, 2.75) is 0 Å². The summed E-state index contributed by atoms with van der Waals surface area (Å²) in [5.74, 6) is -0.359. The van der Waals surface area contributed by atoms with Crippen LogP contribution in [0.15, 0.2) is 35.2 Å². The minimum Gasteiger partial charge on any atom is -0.397 e. The summed E-state index contributed by atoms with van der Waals surface area (Å²) in [6, 6.07) is 4.82. The van der Waals surface area contributed by atoms with Gasteiger partial charge in [-0.1, -0.05) is 6.58 Å². The van der Waals surface area contributed by atoms with Gasteiger partial charge in [0.25, 0.3) is 0 Å². The lowest BCUT2D eigenvalue weighted by atomic mass is 10.2. The van der Waals surface area contributed by atoms with Gasteiger partial charge in [-0.05, 0) is 24.3 Å². The number of hydrogen-bond donors (Lipinski definition) is 2. The fourth-order valence-corrected chi connectivity index (χ4v) is 1.77. The minimum atomic E-state index is -2.24. The highest BCUT2D eigenvalue weighted by molar-refractivity contribution is 7.92. The third kappa shape index (κ3) is 4.28. The average molecular weight is 253 g/mol. The molecule has 0 unspecified atom stereocenters. The zero-order valence-electron chi connectivity index (χ0n) is 9.77. The topological polar surface area (TPSA) is 84.5 Å². The third-order valence-electron chi connectivity index (χ3n) is 1.81. The molecule has 92 valence electrons. The van der Waals surface area contributed by atoms with E-state index in [2.05, 4.69) is 16.3 Å². The summed E-state index contributed by atoms with van der Waals surface area (Å²) < 4.78 is 15.6. The molecule has 1 aromatic carbocycles. The maximum Gasteiger partial charge on any atom is 0.247 e. The molecular formula is C11H15N3O2S. The average Bonchev–Trinajstić information content (AvgIpc) is 2.20. The molecule has 0 aromatic heterocycles. The number of hydrogen-bond acceptors (Lipinski definition) is 4. The molecule has 5 nitrogen and oxygen atoms in total. The molecule has 0 atom stereocenters. The van der Waals surface area contributed by atoms with Crippen LogP contribution in [-0.4, -0.2) is 22.6 Å². The molecule has 0 bridgehead atoms. The van der Waals surface area contributed by atoms with Crippen molar-refractivity contribution in [2.75, 3.05) is 23.6 Å². The van der Waals surface area contributed by atoms with Crippen LogP contribution in [0.3, 0.4) is 0 Å². The van der Waals surface area contributed by atoms with Gasteiger partial charge in [0.2, 0.25) is 5.91 Å². The summed E-state index contributed by atoms with van der Waals surface area (Å²) in [5, 5.41) is 2.55. The van der Waals surface area contributed by atoms with E-state index in [-0.39, 0.29) is 5.91 Å². The number of carbonyl (C=O) groups excluding carboxylic acids is 1. The van der Waals surface area contributed by atoms with Crippen LogP contribution in [0.5, 0.6) is 0 Å². The predicted octanol–water partition coefficient (Wildman–Crippen LogP) is 1.75. The highest BCUT2D eigenvalue weighted by Crippen LogP contribution is 2.25. The van der Waals surface area contributed by atoms with Gasteiger partial charge in [0.1, 0.15) is 0 Å². The first-order valence-corrected chi connectivity index (χ1v) is 7.15. The van der Waals surface area contributed by atoms with Gasteiger partial charge in [0.15, 0.2) is 0 Å². The Kier molecular flexibility index (Phi) is 3.90. The first-order valence-electron chi connectivity index (χ1n) is 4.82. The van der Waals surface area contributed by atoms with Crippen LogP contribution in [0.25, 0.3) is 0 Å². The molecule has 0 aliphatic rings. The van der Waals surface area contributed by atoms with Crippen molar-refractivity contribution < 1.29 is 9.00 Å². The fraction of sp³-hybridized carbons (Fsp3) is 0.182. The molecule has 1 aromatic rings. The molecule has 3 N–H and O–H groups in total. The zero-order chi connectivity index (χ0) is 13.1. The molecule has 17 heavy (non-hydrogen) atoms. The minimum absolute atomic E-state index is 0.359. The zero-order valence-corrected chi connectivity index (χ0v) is 10.6. The molecule has 6 heteroatoms. The largest absolute Gasteiger partial charge is 0.397 e. The quantitative estimate of drug-likeness (QED) is 0.635. The summed E-state index contributed by atoms with van der Waals surface area (Å²) in [5.41, 5.74) is 7.05. The maximum absolute atomic E-state index is 11.5. The molecule has 0 spiro atoms. The van der Waals surface area contributed by atoms with Gasteiger partial charge in [-0.3, -0.25) is 4.79 Å². The number of rotatable bonds is 3. The molecule has 1 amide bonds. The molecule has 0 saturated carbocycles. The number of carbonyl (C=O) groups is 1. The number of nitrogens with two attached hydrogens (primary N) is 1. The first kappa shape index (κ1) is 13.2. The Morgan fingerprint density at radius 2 is 2.18 bits per heavy atom. The summed E-state index contributed by atoms with van der Waals surface area (Å²) in [6.45, 7) is 3.35. The lowest BCUT2D eigenvalue weighted by molar-refractivity contribution is -0.111. The lowest BCUT2D eigenvalue weighted by Crippen LogP contribution is -2.09. The number of benzene rings is 1. The monoisotopic (exact) mass is 253 g/mol. The van der Waals surface area contributed by atoms with Crippen molar-refractivity contribution in [3.05, 3.63) is 30.9 Å². The van der Waals surface area contributed by atoms with Gasteiger partial charge < -0.3 is 11.1 Å². The van der Waals surface area contributed by atoms with Crippen molar-refractivity contribution in [1.29, 1.82) is 0 Å². The van der Waals surface area contributed by atoms with Crippen LogP contribution >= 0.6 is 0 Å². The number of nitrogens with zero attached hydrogens (tertiary/aromatic N) is 1. The van der Waals surface area contributed by atoms with E-state index in [0.717, 1.165) is 6.08 Å². The second kappa shape index (κ2) is 5.01. The maximum atomic E-state index is 11.5. The summed E-state index contributed by atoms with van der Waals surface area (Å²) in [7, 11) is -2.24. The molecule has 0 aliphatic heterocycles. The fourth-order valence-electron chi connectivity index (χ4n) is 1.15. The van der Waals surface area contributed by atoms with Crippen LogP contribution in [0.4, 0.5) is 17.1 Å². The van der Waals surface area contributed by atoms with Gasteiger partial charge in [-0.15, -0.1) is 0 Å². The standard InChI is InChI=1S/C11H15N3O2S/c1-4-11(15)13-10-7-8(5-6-9(10)12)14-17(2,3)16/h4-7H,1,12H2,2-3H3,(H,13,15). The Labute approximate surface area is 101 Å². The van der Waals surface area contributed by atoms with E-state index in [1.54, 1.807) is 18.2 Å². The molecule has 1 rings (SSSR count). The van der Waals surface area contributed by atoms with Gasteiger partial charge in [0.05, 0.1) is 17.1 Å². The number of amides is 1. The SMILES string of the molecule is C=CC(=O)Nc1cc(N=S(C)(C)=O)ccc1N. The van der Waals surface area contributed by atoms with E-state index < -0.39 is 9.73 Å². The van der Waals surface area contributed by atoms with E-state index in [1.807, 2.05) is 0 Å². The van der Waals surface area contributed by atoms with Crippen molar-refractivity contribution >= 4 is 32.7 Å². The summed E-state index contributed by atoms with van der Waals surface area (Å²) >= 11 is 0. The second-order valence-electron chi connectivity index (χ2n) is 3.74. The van der Waals surface area contributed by atoms with Gasteiger partial charge in [-0.2, -0.15) is 4.36 Å². The molecule has 0 heterocycles. The van der Waals surface area contributed by atoms with E-state index in [4.69, 9.17) is 5.73 Å². The highest BCUT2D eigenvalue weighted by Gasteiger charge is 2.04. The van der Waals surface area contributed by atoms with Crippen molar-refractivity contribution in [3.8, 4) is 0 Å². The number of nitrogens with one attached hydrogen (secondary N) is 1. The molecule has 0 aliphatic carbocycles. The third-order valence-corrected chi connectivity index (χ3v) is 2.46. The Balaban J connectivity index is 3.15. The summed E-state index contributed by atoms with van der Waals surface area (Å²) in [4.78, 5) is 11.2. The predicted molar refractivity (Wildman–Crippen MR) is 71.8 cm³/mol. The molecule has 0 radical (unpaired) electrons. The van der Waals surface area contributed by atoms with Crippen LogP contribution in [0, 0.1) is 0 Å². The van der Waals surface area contributed by atoms with Crippen LogP contribution < -0.4 is 11.1 Å². The highest BCUT2D eigenvalue weighted by atomic mass is 32.2. The molecule has 0 saturated heterocycles.